The number of amides is 1. The molecule has 0 bridgehead atoms. The van der Waals surface area contributed by atoms with Gasteiger partial charge in [0, 0.05) is 25.5 Å². The molecule has 4 nitrogen and oxygen atoms in total. The van der Waals surface area contributed by atoms with Gasteiger partial charge in [-0.15, -0.1) is 0 Å². The lowest BCUT2D eigenvalue weighted by molar-refractivity contribution is -0.136. The third-order valence-corrected chi connectivity index (χ3v) is 4.97. The van der Waals surface area contributed by atoms with Crippen molar-refractivity contribution in [2.75, 3.05) is 13.1 Å². The monoisotopic (exact) mass is 289 g/mol. The van der Waals surface area contributed by atoms with Crippen molar-refractivity contribution in [1.82, 2.24) is 14.8 Å². The SMILES string of the molecule is Cn1cccc1C1CCCCCN1C(=O)[C@H]1CCCCN1. The van der Waals surface area contributed by atoms with Crippen LogP contribution in [0.25, 0.3) is 0 Å². The van der Waals surface area contributed by atoms with Gasteiger partial charge in [0.1, 0.15) is 0 Å². The highest BCUT2D eigenvalue weighted by molar-refractivity contribution is 5.82. The number of carbonyl (C=O) groups is 1. The Labute approximate surface area is 127 Å². The lowest BCUT2D eigenvalue weighted by Crippen LogP contribution is -2.49. The van der Waals surface area contributed by atoms with Gasteiger partial charge in [0.15, 0.2) is 0 Å². The van der Waals surface area contributed by atoms with Gasteiger partial charge in [0.05, 0.1) is 12.1 Å². The van der Waals surface area contributed by atoms with Gasteiger partial charge >= 0.3 is 0 Å². The molecule has 2 aliphatic rings. The van der Waals surface area contributed by atoms with Crippen LogP contribution in [0.5, 0.6) is 0 Å². The second-order valence-electron chi connectivity index (χ2n) is 6.44. The smallest absolute Gasteiger partial charge is 0.240 e. The minimum absolute atomic E-state index is 0.0413. The molecule has 2 atom stereocenters. The summed E-state index contributed by atoms with van der Waals surface area (Å²) in [7, 11) is 2.09. The van der Waals surface area contributed by atoms with Gasteiger partial charge in [-0.25, -0.2) is 0 Å². The fourth-order valence-electron chi connectivity index (χ4n) is 3.76. The van der Waals surface area contributed by atoms with Gasteiger partial charge in [-0.1, -0.05) is 19.3 Å². The number of nitrogens with one attached hydrogen (secondary N) is 1. The van der Waals surface area contributed by atoms with E-state index in [4.69, 9.17) is 0 Å². The molecule has 1 aromatic rings. The molecule has 116 valence electrons. The maximum atomic E-state index is 13.0. The highest BCUT2D eigenvalue weighted by Gasteiger charge is 2.32. The molecule has 1 aromatic heterocycles. The average Bonchev–Trinajstić information content (AvgIpc) is 2.80. The largest absolute Gasteiger partial charge is 0.353 e. The Bertz CT molecular complexity index is 476. The number of hydrogen-bond donors (Lipinski definition) is 1. The number of aryl methyl sites for hydroxylation is 1. The molecular formula is C17H27N3O. The quantitative estimate of drug-likeness (QED) is 0.908. The van der Waals surface area contributed by atoms with Crippen molar-refractivity contribution in [3.05, 3.63) is 24.0 Å². The molecule has 21 heavy (non-hydrogen) atoms. The molecule has 0 aliphatic carbocycles. The molecular weight excluding hydrogens is 262 g/mol. The molecule has 4 heteroatoms. The zero-order valence-corrected chi connectivity index (χ0v) is 13.1. The summed E-state index contributed by atoms with van der Waals surface area (Å²) in [5, 5.41) is 3.42. The van der Waals surface area contributed by atoms with Gasteiger partial charge in [0.2, 0.25) is 5.91 Å². The van der Waals surface area contributed by atoms with E-state index in [9.17, 15) is 4.79 Å². The van der Waals surface area contributed by atoms with Crippen LogP contribution in [-0.2, 0) is 11.8 Å². The number of aromatic nitrogens is 1. The van der Waals surface area contributed by atoms with Crippen molar-refractivity contribution in [2.45, 2.75) is 57.0 Å². The van der Waals surface area contributed by atoms with Gasteiger partial charge < -0.3 is 14.8 Å². The van der Waals surface area contributed by atoms with Crippen molar-refractivity contribution in [1.29, 1.82) is 0 Å². The van der Waals surface area contributed by atoms with Crippen LogP contribution in [0, 0.1) is 0 Å². The third-order valence-electron chi connectivity index (χ3n) is 4.97. The van der Waals surface area contributed by atoms with Crippen molar-refractivity contribution >= 4 is 5.91 Å². The third kappa shape index (κ3) is 3.15. The zero-order valence-electron chi connectivity index (χ0n) is 13.1. The number of likely N-dealkylation sites (tertiary alicyclic amines) is 1. The summed E-state index contributed by atoms with van der Waals surface area (Å²) in [5.41, 5.74) is 1.28. The fraction of sp³-hybridized carbons (Fsp3) is 0.706. The van der Waals surface area contributed by atoms with Gasteiger partial charge in [-0.2, -0.15) is 0 Å². The second-order valence-corrected chi connectivity index (χ2v) is 6.44. The maximum absolute atomic E-state index is 13.0. The maximum Gasteiger partial charge on any atom is 0.240 e. The summed E-state index contributed by atoms with van der Waals surface area (Å²) >= 11 is 0. The second kappa shape index (κ2) is 6.65. The normalized spacial score (nSPS) is 27.4. The Balaban J connectivity index is 1.81. The molecule has 2 fully saturated rings. The first-order chi connectivity index (χ1) is 10.3. The van der Waals surface area contributed by atoms with Gasteiger partial charge in [-0.05, 0) is 44.4 Å². The molecule has 0 radical (unpaired) electrons. The zero-order chi connectivity index (χ0) is 14.7. The molecule has 1 amide bonds. The van der Waals surface area contributed by atoms with Crippen LogP contribution in [-0.4, -0.2) is 34.5 Å². The van der Waals surface area contributed by atoms with E-state index >= 15 is 0 Å². The first-order valence-electron chi connectivity index (χ1n) is 8.42. The molecule has 0 spiro atoms. The Morgan fingerprint density at radius 3 is 2.76 bits per heavy atom. The summed E-state index contributed by atoms with van der Waals surface area (Å²) in [4.78, 5) is 15.1. The van der Waals surface area contributed by atoms with E-state index in [2.05, 4.69) is 40.2 Å². The molecule has 0 saturated carbocycles. The summed E-state index contributed by atoms with van der Waals surface area (Å²) in [6, 6.07) is 4.55. The van der Waals surface area contributed by atoms with Gasteiger partial charge in [0.25, 0.3) is 0 Å². The number of hydrogen-bond acceptors (Lipinski definition) is 2. The minimum Gasteiger partial charge on any atom is -0.353 e. The Kier molecular flexibility index (Phi) is 4.63. The minimum atomic E-state index is 0.0413. The summed E-state index contributed by atoms with van der Waals surface area (Å²) < 4.78 is 2.17. The van der Waals surface area contributed by atoms with Crippen LogP contribution >= 0.6 is 0 Å². The topological polar surface area (TPSA) is 37.3 Å². The van der Waals surface area contributed by atoms with Crippen LogP contribution < -0.4 is 5.32 Å². The van der Waals surface area contributed by atoms with Crippen molar-refractivity contribution in [2.24, 2.45) is 7.05 Å². The van der Waals surface area contributed by atoms with Crippen LogP contribution in [0.4, 0.5) is 0 Å². The Hall–Kier alpha value is -1.29. The predicted octanol–water partition coefficient (Wildman–Crippen LogP) is 2.61. The molecule has 3 rings (SSSR count). The number of nitrogens with zero attached hydrogens (tertiary/aromatic N) is 2. The van der Waals surface area contributed by atoms with Crippen molar-refractivity contribution < 1.29 is 4.79 Å². The first kappa shape index (κ1) is 14.6. The van der Waals surface area contributed by atoms with Crippen molar-refractivity contribution in [3.63, 3.8) is 0 Å². The van der Waals surface area contributed by atoms with Gasteiger partial charge in [-0.3, -0.25) is 4.79 Å². The Morgan fingerprint density at radius 1 is 1.19 bits per heavy atom. The summed E-state index contributed by atoms with van der Waals surface area (Å²) in [6.07, 6.45) is 10.1. The van der Waals surface area contributed by atoms with E-state index < -0.39 is 0 Å². The van der Waals surface area contributed by atoms with E-state index in [1.165, 1.54) is 31.4 Å². The van der Waals surface area contributed by atoms with Crippen LogP contribution in [0.1, 0.15) is 56.7 Å². The standard InChI is InChI=1S/C17H27N3O/c1-19-12-7-10-15(19)16-9-3-2-6-13-20(16)17(21)14-8-4-5-11-18-14/h7,10,12,14,16,18H,2-6,8-9,11,13H2,1H3/t14-,16?/m1/s1. The average molecular weight is 289 g/mol. The lowest BCUT2D eigenvalue weighted by Gasteiger charge is -2.35. The summed E-state index contributed by atoms with van der Waals surface area (Å²) in [5.74, 6) is 0.322. The summed E-state index contributed by atoms with van der Waals surface area (Å²) in [6.45, 7) is 1.89. The highest BCUT2D eigenvalue weighted by atomic mass is 16.2. The van der Waals surface area contributed by atoms with E-state index in [1.54, 1.807) is 0 Å². The fourth-order valence-corrected chi connectivity index (χ4v) is 3.76. The molecule has 1 unspecified atom stereocenters. The van der Waals surface area contributed by atoms with E-state index in [0.717, 1.165) is 32.4 Å². The van der Waals surface area contributed by atoms with Crippen LogP contribution in [0.3, 0.4) is 0 Å². The lowest BCUT2D eigenvalue weighted by atomic mass is 10.0. The number of carbonyl (C=O) groups excluding carboxylic acids is 1. The molecule has 3 heterocycles. The molecule has 2 aliphatic heterocycles. The Morgan fingerprint density at radius 2 is 2.05 bits per heavy atom. The predicted molar refractivity (Wildman–Crippen MR) is 84.0 cm³/mol. The number of piperidine rings is 1. The van der Waals surface area contributed by atoms with Crippen molar-refractivity contribution in [3.8, 4) is 0 Å². The molecule has 0 aromatic carbocycles. The first-order valence-corrected chi connectivity index (χ1v) is 8.42. The van der Waals surface area contributed by atoms with Crippen LogP contribution in [0.15, 0.2) is 18.3 Å². The molecule has 2 saturated heterocycles. The van der Waals surface area contributed by atoms with E-state index in [0.29, 0.717) is 5.91 Å². The highest BCUT2D eigenvalue weighted by Crippen LogP contribution is 2.31. The van der Waals surface area contributed by atoms with E-state index in [1.807, 2.05) is 0 Å². The van der Waals surface area contributed by atoms with E-state index in [-0.39, 0.29) is 12.1 Å². The molecule has 1 N–H and O–H groups in total. The van der Waals surface area contributed by atoms with Crippen LogP contribution in [0.2, 0.25) is 0 Å². The number of rotatable bonds is 2.